The van der Waals surface area contributed by atoms with Crippen molar-refractivity contribution in [1.29, 1.82) is 0 Å². The van der Waals surface area contributed by atoms with Crippen molar-refractivity contribution in [2.45, 2.75) is 32.7 Å². The van der Waals surface area contributed by atoms with Gasteiger partial charge in [-0.2, -0.15) is 0 Å². The van der Waals surface area contributed by atoms with Crippen LogP contribution in [0.3, 0.4) is 0 Å². The molecule has 19 heavy (non-hydrogen) atoms. The Hall–Kier alpha value is -0.640. The predicted octanol–water partition coefficient (Wildman–Crippen LogP) is 3.30. The molecule has 1 saturated heterocycles. The van der Waals surface area contributed by atoms with E-state index < -0.39 is 0 Å². The van der Waals surface area contributed by atoms with Crippen molar-refractivity contribution in [3.05, 3.63) is 35.1 Å². The van der Waals surface area contributed by atoms with Gasteiger partial charge >= 0.3 is 0 Å². The van der Waals surface area contributed by atoms with Crippen molar-refractivity contribution in [2.24, 2.45) is 0 Å². The highest BCUT2D eigenvalue weighted by Crippen LogP contribution is 2.29. The third-order valence-electron chi connectivity index (χ3n) is 3.75. The quantitative estimate of drug-likeness (QED) is 0.914. The molecule has 0 amide bonds. The lowest BCUT2D eigenvalue weighted by Gasteiger charge is -2.36. The molecule has 0 aliphatic carbocycles. The molecule has 0 radical (unpaired) electrons. The van der Waals surface area contributed by atoms with Gasteiger partial charge in [0, 0.05) is 32.2 Å². The Balaban J connectivity index is 0.00000180. The van der Waals surface area contributed by atoms with Gasteiger partial charge in [-0.15, -0.1) is 12.4 Å². The molecule has 108 valence electrons. The number of piperazine rings is 1. The summed E-state index contributed by atoms with van der Waals surface area (Å²) in [6.07, 6.45) is 2.23. The summed E-state index contributed by atoms with van der Waals surface area (Å²) in [5.74, 6) is -0.119. The van der Waals surface area contributed by atoms with E-state index in [1.54, 1.807) is 12.1 Å². The average Bonchev–Trinajstić information content (AvgIpc) is 2.40. The lowest BCUT2D eigenvalue weighted by Crippen LogP contribution is -2.45. The summed E-state index contributed by atoms with van der Waals surface area (Å²) in [5.41, 5.74) is 2.37. The summed E-state index contributed by atoms with van der Waals surface area (Å²) in [7, 11) is 0. The molecule has 1 aliphatic heterocycles. The van der Waals surface area contributed by atoms with Crippen LogP contribution in [0, 0.1) is 12.7 Å². The summed E-state index contributed by atoms with van der Waals surface area (Å²) in [5, 5.41) is 3.37. The van der Waals surface area contributed by atoms with E-state index in [1.165, 1.54) is 11.1 Å². The number of hydrogen-bond donors (Lipinski definition) is 1. The third-order valence-corrected chi connectivity index (χ3v) is 3.75. The SMILES string of the molecule is CCC[C@H](c1cc(F)ccc1C)N1CCNCC1.Cl. The number of nitrogens with zero attached hydrogens (tertiary/aromatic N) is 1. The Morgan fingerprint density at radius 1 is 1.32 bits per heavy atom. The maximum absolute atomic E-state index is 13.5. The average molecular weight is 287 g/mol. The molecule has 0 unspecified atom stereocenters. The first-order chi connectivity index (χ1) is 8.72. The molecule has 1 aliphatic rings. The number of benzene rings is 1. The third kappa shape index (κ3) is 4.16. The minimum absolute atomic E-state index is 0. The largest absolute Gasteiger partial charge is 0.314 e. The summed E-state index contributed by atoms with van der Waals surface area (Å²) in [6.45, 7) is 8.47. The highest BCUT2D eigenvalue weighted by molar-refractivity contribution is 5.85. The first-order valence-electron chi connectivity index (χ1n) is 6.93. The number of hydrogen-bond acceptors (Lipinski definition) is 2. The van der Waals surface area contributed by atoms with Crippen LogP contribution >= 0.6 is 12.4 Å². The lowest BCUT2D eigenvalue weighted by atomic mass is 9.95. The summed E-state index contributed by atoms with van der Waals surface area (Å²) in [6, 6.07) is 5.54. The number of rotatable bonds is 4. The van der Waals surface area contributed by atoms with E-state index in [0.717, 1.165) is 39.0 Å². The van der Waals surface area contributed by atoms with Gasteiger partial charge in [0.05, 0.1) is 0 Å². The second-order valence-corrected chi connectivity index (χ2v) is 5.09. The first-order valence-corrected chi connectivity index (χ1v) is 6.93. The Kier molecular flexibility index (Phi) is 6.76. The lowest BCUT2D eigenvalue weighted by molar-refractivity contribution is 0.164. The molecule has 2 rings (SSSR count). The van der Waals surface area contributed by atoms with Crippen LogP contribution in [-0.4, -0.2) is 31.1 Å². The molecule has 0 saturated carbocycles. The van der Waals surface area contributed by atoms with Crippen LogP contribution < -0.4 is 5.32 Å². The van der Waals surface area contributed by atoms with E-state index >= 15 is 0 Å². The second-order valence-electron chi connectivity index (χ2n) is 5.09. The zero-order valence-electron chi connectivity index (χ0n) is 11.8. The van der Waals surface area contributed by atoms with Crippen molar-refractivity contribution >= 4 is 12.4 Å². The highest BCUT2D eigenvalue weighted by atomic mass is 35.5. The van der Waals surface area contributed by atoms with Crippen LogP contribution in [0.1, 0.15) is 36.9 Å². The molecule has 4 heteroatoms. The smallest absolute Gasteiger partial charge is 0.123 e. The van der Waals surface area contributed by atoms with Gasteiger partial charge in [-0.05, 0) is 36.6 Å². The van der Waals surface area contributed by atoms with Crippen LogP contribution in [0.25, 0.3) is 0 Å². The molecule has 1 atom stereocenters. The van der Waals surface area contributed by atoms with Gasteiger partial charge in [0.25, 0.3) is 0 Å². The van der Waals surface area contributed by atoms with Crippen molar-refractivity contribution in [3.8, 4) is 0 Å². The molecule has 1 aromatic rings. The van der Waals surface area contributed by atoms with Gasteiger partial charge in [0.2, 0.25) is 0 Å². The fourth-order valence-electron chi connectivity index (χ4n) is 2.77. The van der Waals surface area contributed by atoms with E-state index in [-0.39, 0.29) is 18.2 Å². The maximum Gasteiger partial charge on any atom is 0.123 e. The van der Waals surface area contributed by atoms with Crippen molar-refractivity contribution < 1.29 is 4.39 Å². The summed E-state index contributed by atoms with van der Waals surface area (Å²) in [4.78, 5) is 2.49. The van der Waals surface area contributed by atoms with E-state index in [9.17, 15) is 4.39 Å². The van der Waals surface area contributed by atoms with E-state index in [2.05, 4.69) is 24.1 Å². The summed E-state index contributed by atoms with van der Waals surface area (Å²) >= 11 is 0. The van der Waals surface area contributed by atoms with Gasteiger partial charge < -0.3 is 5.32 Å². The Morgan fingerprint density at radius 2 is 2.00 bits per heavy atom. The molecule has 0 bridgehead atoms. The molecular formula is C15H24ClFN2. The van der Waals surface area contributed by atoms with Crippen LogP contribution in [0.5, 0.6) is 0 Å². The molecule has 1 fully saturated rings. The molecule has 0 spiro atoms. The van der Waals surface area contributed by atoms with Crippen molar-refractivity contribution in [2.75, 3.05) is 26.2 Å². The van der Waals surface area contributed by atoms with Gasteiger partial charge in [-0.25, -0.2) is 4.39 Å². The van der Waals surface area contributed by atoms with Crippen molar-refractivity contribution in [1.82, 2.24) is 10.2 Å². The van der Waals surface area contributed by atoms with Crippen LogP contribution in [0.2, 0.25) is 0 Å². The Labute approximate surface area is 121 Å². The zero-order valence-corrected chi connectivity index (χ0v) is 12.6. The van der Waals surface area contributed by atoms with Crippen LogP contribution in [-0.2, 0) is 0 Å². The highest BCUT2D eigenvalue weighted by Gasteiger charge is 2.22. The van der Waals surface area contributed by atoms with Crippen LogP contribution in [0.15, 0.2) is 18.2 Å². The van der Waals surface area contributed by atoms with Crippen molar-refractivity contribution in [3.63, 3.8) is 0 Å². The minimum Gasteiger partial charge on any atom is -0.314 e. The fraction of sp³-hybridized carbons (Fsp3) is 0.600. The first kappa shape index (κ1) is 16.4. The van der Waals surface area contributed by atoms with E-state index in [0.29, 0.717) is 6.04 Å². The van der Waals surface area contributed by atoms with E-state index in [4.69, 9.17) is 0 Å². The normalized spacial score (nSPS) is 17.8. The van der Waals surface area contributed by atoms with E-state index in [1.807, 2.05) is 6.07 Å². The second kappa shape index (κ2) is 7.83. The standard InChI is InChI=1S/C15H23FN2.ClH/c1-3-4-15(18-9-7-17-8-10-18)14-11-13(16)6-5-12(14)2;/h5-6,11,15,17H,3-4,7-10H2,1-2H3;1H/t15-;/m1./s1. The fourth-order valence-corrected chi connectivity index (χ4v) is 2.77. The summed E-state index contributed by atoms with van der Waals surface area (Å²) < 4.78 is 13.5. The zero-order chi connectivity index (χ0) is 13.0. The molecular weight excluding hydrogens is 263 g/mol. The topological polar surface area (TPSA) is 15.3 Å². The van der Waals surface area contributed by atoms with Gasteiger partial charge in [0.1, 0.15) is 5.82 Å². The molecule has 0 aromatic heterocycles. The maximum atomic E-state index is 13.5. The van der Waals surface area contributed by atoms with Gasteiger partial charge in [-0.1, -0.05) is 19.4 Å². The van der Waals surface area contributed by atoms with Gasteiger partial charge in [-0.3, -0.25) is 4.90 Å². The Bertz CT molecular complexity index is 392. The number of nitrogens with one attached hydrogen (secondary N) is 1. The number of aryl methyl sites for hydroxylation is 1. The molecule has 2 nitrogen and oxygen atoms in total. The molecule has 1 heterocycles. The molecule has 1 aromatic carbocycles. The monoisotopic (exact) mass is 286 g/mol. The van der Waals surface area contributed by atoms with Gasteiger partial charge in [0.15, 0.2) is 0 Å². The Morgan fingerprint density at radius 3 is 2.63 bits per heavy atom. The molecule has 1 N–H and O–H groups in total. The van der Waals surface area contributed by atoms with Crippen LogP contribution in [0.4, 0.5) is 4.39 Å². The number of halogens is 2. The minimum atomic E-state index is -0.119. The predicted molar refractivity (Wildman–Crippen MR) is 80.5 cm³/mol.